The van der Waals surface area contributed by atoms with Gasteiger partial charge >= 0.3 is 0 Å². The van der Waals surface area contributed by atoms with E-state index in [2.05, 4.69) is 14.7 Å². The highest BCUT2D eigenvalue weighted by molar-refractivity contribution is 7.92. The second-order valence-corrected chi connectivity index (χ2v) is 5.42. The predicted octanol–water partition coefficient (Wildman–Crippen LogP) is 1.65. The Kier molecular flexibility index (Phi) is 2.88. The second kappa shape index (κ2) is 4.18. The van der Waals surface area contributed by atoms with Crippen LogP contribution in [-0.2, 0) is 10.0 Å². The van der Waals surface area contributed by atoms with E-state index >= 15 is 0 Å². The minimum absolute atomic E-state index is 0.0306. The number of pyridine rings is 1. The summed E-state index contributed by atoms with van der Waals surface area (Å²) in [5, 5.41) is 1.65. The molecular weight excluding hydrogens is 246 g/mol. The van der Waals surface area contributed by atoms with E-state index in [1.165, 1.54) is 17.5 Å². The minimum atomic E-state index is -3.63. The number of rotatable bonds is 3. The Morgan fingerprint density at radius 1 is 1.38 bits per heavy atom. The van der Waals surface area contributed by atoms with Gasteiger partial charge in [-0.1, -0.05) is 6.07 Å². The number of aromatic nitrogens is 2. The number of nitrogens with zero attached hydrogens (tertiary/aromatic N) is 2. The van der Waals surface area contributed by atoms with Gasteiger partial charge in [0, 0.05) is 11.6 Å². The van der Waals surface area contributed by atoms with Crippen LogP contribution in [0.2, 0.25) is 0 Å². The van der Waals surface area contributed by atoms with Crippen LogP contribution in [0.3, 0.4) is 0 Å². The van der Waals surface area contributed by atoms with Gasteiger partial charge in [0.15, 0.2) is 10.8 Å². The lowest BCUT2D eigenvalue weighted by Crippen LogP contribution is -2.15. The van der Waals surface area contributed by atoms with Crippen molar-refractivity contribution in [1.82, 2.24) is 9.97 Å². The Bertz CT molecular complexity index is 579. The van der Waals surface area contributed by atoms with Gasteiger partial charge in [-0.2, -0.15) is 8.42 Å². The van der Waals surface area contributed by atoms with Crippen LogP contribution in [0.4, 0.5) is 5.82 Å². The molecule has 0 spiro atoms. The quantitative estimate of drug-likeness (QED) is 0.905. The molecule has 0 unspecified atom stereocenters. The molecule has 0 saturated carbocycles. The van der Waals surface area contributed by atoms with Crippen molar-refractivity contribution in [2.75, 3.05) is 4.72 Å². The maximum atomic E-state index is 11.9. The van der Waals surface area contributed by atoms with E-state index in [1.54, 1.807) is 29.9 Å². The number of hydrogen-bond donors (Lipinski definition) is 1. The average Bonchev–Trinajstić information content (AvgIpc) is 2.70. The topological polar surface area (TPSA) is 72.0 Å². The zero-order chi connectivity index (χ0) is 11.6. The number of nitrogens with one attached hydrogen (secondary N) is 1. The van der Waals surface area contributed by atoms with Crippen molar-refractivity contribution >= 4 is 27.2 Å². The highest BCUT2D eigenvalue weighted by Gasteiger charge is 2.18. The molecule has 0 amide bonds. The Morgan fingerprint density at radius 3 is 2.81 bits per heavy atom. The fourth-order valence-corrected chi connectivity index (χ4v) is 2.94. The van der Waals surface area contributed by atoms with E-state index in [4.69, 9.17) is 0 Å². The summed E-state index contributed by atoms with van der Waals surface area (Å²) in [6.45, 7) is 1.70. The van der Waals surface area contributed by atoms with Crippen molar-refractivity contribution < 1.29 is 8.42 Å². The number of anilines is 1. The van der Waals surface area contributed by atoms with Crippen LogP contribution < -0.4 is 4.72 Å². The van der Waals surface area contributed by atoms with Crippen LogP contribution in [0.1, 0.15) is 5.56 Å². The molecule has 2 rings (SSSR count). The van der Waals surface area contributed by atoms with Crippen LogP contribution in [0.5, 0.6) is 0 Å². The largest absolute Gasteiger partial charge is 0.280 e. The van der Waals surface area contributed by atoms with Gasteiger partial charge < -0.3 is 0 Å². The van der Waals surface area contributed by atoms with Gasteiger partial charge in [0.05, 0.1) is 5.51 Å². The minimum Gasteiger partial charge on any atom is -0.261 e. The third-order valence-electron chi connectivity index (χ3n) is 1.89. The molecule has 1 N–H and O–H groups in total. The molecule has 0 saturated heterocycles. The van der Waals surface area contributed by atoms with Gasteiger partial charge in [-0.25, -0.2) is 9.97 Å². The first-order chi connectivity index (χ1) is 7.59. The zero-order valence-corrected chi connectivity index (χ0v) is 10.0. The van der Waals surface area contributed by atoms with E-state index in [-0.39, 0.29) is 5.03 Å². The number of aryl methyl sites for hydroxylation is 1. The fraction of sp³-hybridized carbons (Fsp3) is 0.111. The molecule has 84 valence electrons. The van der Waals surface area contributed by atoms with Crippen molar-refractivity contribution in [3.63, 3.8) is 0 Å². The van der Waals surface area contributed by atoms with Crippen molar-refractivity contribution in [3.8, 4) is 0 Å². The molecule has 0 fully saturated rings. The summed E-state index contributed by atoms with van der Waals surface area (Å²) in [5.41, 5.74) is 2.16. The van der Waals surface area contributed by atoms with Gasteiger partial charge in [-0.3, -0.25) is 4.72 Å². The van der Waals surface area contributed by atoms with Crippen molar-refractivity contribution in [1.29, 1.82) is 0 Å². The van der Waals surface area contributed by atoms with Crippen LogP contribution in [0.15, 0.2) is 34.2 Å². The lowest BCUT2D eigenvalue weighted by molar-refractivity contribution is 0.596. The highest BCUT2D eigenvalue weighted by atomic mass is 32.2. The lowest BCUT2D eigenvalue weighted by Gasteiger charge is -2.06. The van der Waals surface area contributed by atoms with Gasteiger partial charge in [-0.15, -0.1) is 11.3 Å². The summed E-state index contributed by atoms with van der Waals surface area (Å²) < 4.78 is 26.2. The molecule has 0 aromatic carbocycles. The third kappa shape index (κ3) is 2.20. The van der Waals surface area contributed by atoms with Crippen molar-refractivity contribution in [3.05, 3.63) is 34.8 Å². The molecule has 0 bridgehead atoms. The van der Waals surface area contributed by atoms with Gasteiger partial charge in [-0.05, 0) is 18.6 Å². The molecule has 7 heteroatoms. The first-order valence-electron chi connectivity index (χ1n) is 4.42. The molecule has 0 aliphatic heterocycles. The molecule has 16 heavy (non-hydrogen) atoms. The molecule has 2 aromatic heterocycles. The van der Waals surface area contributed by atoms with Crippen LogP contribution in [0.25, 0.3) is 0 Å². The second-order valence-electron chi connectivity index (χ2n) is 3.10. The average molecular weight is 255 g/mol. The van der Waals surface area contributed by atoms with Gasteiger partial charge in [0.2, 0.25) is 0 Å². The molecule has 2 aromatic rings. The molecule has 5 nitrogen and oxygen atoms in total. The smallest absolute Gasteiger partial charge is 0.261 e. The van der Waals surface area contributed by atoms with Crippen LogP contribution in [-0.4, -0.2) is 18.4 Å². The molecule has 0 aliphatic carbocycles. The van der Waals surface area contributed by atoms with Crippen molar-refractivity contribution in [2.45, 2.75) is 11.9 Å². The van der Waals surface area contributed by atoms with Crippen LogP contribution in [0, 0.1) is 6.92 Å². The zero-order valence-electron chi connectivity index (χ0n) is 8.41. The van der Waals surface area contributed by atoms with E-state index in [9.17, 15) is 8.42 Å². The number of thiazole rings is 1. The standard InChI is InChI=1S/C9H9N3O2S2/c1-7-3-2-4-10-9(7)16(13,14)12-8-5-15-6-11-8/h2-6,12H,1H3. The third-order valence-corrected chi connectivity index (χ3v) is 3.89. The molecule has 0 aliphatic rings. The molecule has 0 atom stereocenters. The SMILES string of the molecule is Cc1cccnc1S(=O)(=O)Nc1cscn1. The van der Waals surface area contributed by atoms with Gasteiger partial charge in [0.1, 0.15) is 0 Å². The number of hydrogen-bond acceptors (Lipinski definition) is 5. The molecule has 0 radical (unpaired) electrons. The summed E-state index contributed by atoms with van der Waals surface area (Å²) in [7, 11) is -3.63. The fourth-order valence-electron chi connectivity index (χ4n) is 1.20. The molecular formula is C9H9N3O2S2. The maximum absolute atomic E-state index is 11.9. The number of sulfonamides is 1. The summed E-state index contributed by atoms with van der Waals surface area (Å²) in [5.74, 6) is 0.315. The first kappa shape index (κ1) is 11.0. The van der Waals surface area contributed by atoms with Crippen molar-refractivity contribution in [2.24, 2.45) is 0 Å². The summed E-state index contributed by atoms with van der Waals surface area (Å²) in [4.78, 5) is 7.71. The Morgan fingerprint density at radius 2 is 2.19 bits per heavy atom. The summed E-state index contributed by atoms with van der Waals surface area (Å²) in [6, 6.07) is 3.39. The predicted molar refractivity (Wildman–Crippen MR) is 61.9 cm³/mol. The highest BCUT2D eigenvalue weighted by Crippen LogP contribution is 2.16. The maximum Gasteiger partial charge on any atom is 0.280 e. The summed E-state index contributed by atoms with van der Waals surface area (Å²) in [6.07, 6.45) is 1.45. The Labute approximate surface area is 97.2 Å². The van der Waals surface area contributed by atoms with E-state index in [0.717, 1.165) is 0 Å². The van der Waals surface area contributed by atoms with E-state index < -0.39 is 10.0 Å². The van der Waals surface area contributed by atoms with Gasteiger partial charge in [0.25, 0.3) is 10.0 Å². The van der Waals surface area contributed by atoms with E-state index in [1.807, 2.05) is 0 Å². The normalized spacial score (nSPS) is 11.3. The first-order valence-corrected chi connectivity index (χ1v) is 6.85. The Balaban J connectivity index is 2.37. The summed E-state index contributed by atoms with van der Waals surface area (Å²) >= 11 is 1.32. The Hall–Kier alpha value is -1.47. The monoisotopic (exact) mass is 255 g/mol. The van der Waals surface area contributed by atoms with Crippen LogP contribution >= 0.6 is 11.3 Å². The van der Waals surface area contributed by atoms with E-state index in [0.29, 0.717) is 11.4 Å². The molecule has 2 heterocycles. The lowest BCUT2D eigenvalue weighted by atomic mass is 10.3.